The van der Waals surface area contributed by atoms with Crippen LogP contribution in [0.5, 0.6) is 11.5 Å². The molecule has 1 aromatic heterocycles. The van der Waals surface area contributed by atoms with Crippen LogP contribution in [0.3, 0.4) is 0 Å². The molecule has 0 saturated carbocycles. The van der Waals surface area contributed by atoms with Gasteiger partial charge in [0.05, 0.1) is 25.0 Å². The van der Waals surface area contributed by atoms with Gasteiger partial charge in [-0.3, -0.25) is 9.36 Å². The van der Waals surface area contributed by atoms with E-state index in [2.05, 4.69) is 4.98 Å². The molecule has 0 aliphatic rings. The summed E-state index contributed by atoms with van der Waals surface area (Å²) >= 11 is 0.680. The molecular formula is C23H23F3N2O3S. The van der Waals surface area contributed by atoms with Crippen LogP contribution in [0.15, 0.2) is 69.6 Å². The first-order chi connectivity index (χ1) is 15.0. The third-order valence-corrected chi connectivity index (χ3v) is 5.34. The van der Waals surface area contributed by atoms with E-state index in [9.17, 15) is 18.0 Å². The van der Waals surface area contributed by atoms with Gasteiger partial charge in [-0.25, -0.2) is 4.98 Å². The van der Waals surface area contributed by atoms with Crippen LogP contribution < -0.4 is 15.0 Å². The normalized spacial score (nSPS) is 12.0. The van der Waals surface area contributed by atoms with Crippen molar-refractivity contribution in [3.8, 4) is 17.2 Å². The Hall–Kier alpha value is -2.94. The first kappa shape index (κ1) is 23.7. The molecule has 0 aliphatic heterocycles. The maximum Gasteiger partial charge on any atom is 0.417 e. The summed E-state index contributed by atoms with van der Waals surface area (Å²) in [6.07, 6.45) is -1.71. The summed E-state index contributed by atoms with van der Waals surface area (Å²) in [6.45, 7) is 6.60. The highest BCUT2D eigenvalue weighted by Gasteiger charge is 2.33. The highest BCUT2D eigenvalue weighted by Crippen LogP contribution is 2.38. The molecule has 170 valence electrons. The zero-order chi connectivity index (χ0) is 23.5. The summed E-state index contributed by atoms with van der Waals surface area (Å²) in [7, 11) is 1.49. The number of aromatic nitrogens is 2. The van der Waals surface area contributed by atoms with Gasteiger partial charge < -0.3 is 9.47 Å². The van der Waals surface area contributed by atoms with E-state index >= 15 is 0 Å². The Balaban J connectivity index is 1.95. The molecule has 0 radical (unpaired) electrons. The fourth-order valence-corrected chi connectivity index (χ4v) is 3.73. The van der Waals surface area contributed by atoms with Crippen LogP contribution in [0.1, 0.15) is 26.3 Å². The van der Waals surface area contributed by atoms with Gasteiger partial charge >= 0.3 is 6.18 Å². The Kier molecular flexibility index (Phi) is 6.88. The van der Waals surface area contributed by atoms with Crippen LogP contribution in [0.25, 0.3) is 5.69 Å². The second-order valence-electron chi connectivity index (χ2n) is 8.19. The number of methoxy groups -OCH3 is 1. The van der Waals surface area contributed by atoms with Gasteiger partial charge in [-0.15, -0.1) is 0 Å². The molecule has 2 aromatic carbocycles. The van der Waals surface area contributed by atoms with Gasteiger partial charge in [0.1, 0.15) is 0 Å². The van der Waals surface area contributed by atoms with Crippen LogP contribution in [-0.4, -0.2) is 23.3 Å². The van der Waals surface area contributed by atoms with E-state index in [1.807, 2.05) is 20.8 Å². The average Bonchev–Trinajstić information content (AvgIpc) is 2.73. The molecule has 9 heteroatoms. The van der Waals surface area contributed by atoms with Crippen molar-refractivity contribution in [2.75, 3.05) is 13.7 Å². The van der Waals surface area contributed by atoms with Gasteiger partial charge in [0.15, 0.2) is 16.5 Å². The SMILES string of the molecule is COc1cc(-n2ccnc(Sc3ccccc3C(F)(F)F)c2=O)ccc1OCC(C)(C)C. The quantitative estimate of drug-likeness (QED) is 0.459. The summed E-state index contributed by atoms with van der Waals surface area (Å²) in [5, 5.41) is -0.0729. The van der Waals surface area contributed by atoms with Gasteiger partial charge in [-0.1, -0.05) is 44.7 Å². The minimum Gasteiger partial charge on any atom is -0.493 e. The zero-order valence-electron chi connectivity index (χ0n) is 18.1. The molecule has 0 fully saturated rings. The van der Waals surface area contributed by atoms with Crippen LogP contribution in [0.2, 0.25) is 0 Å². The molecule has 0 saturated heterocycles. The number of ether oxygens (including phenoxy) is 2. The predicted octanol–water partition coefficient (Wildman–Crippen LogP) is 5.84. The topological polar surface area (TPSA) is 53.4 Å². The molecule has 0 unspecified atom stereocenters. The van der Waals surface area contributed by atoms with E-state index in [0.717, 1.165) is 6.07 Å². The van der Waals surface area contributed by atoms with E-state index in [1.54, 1.807) is 18.2 Å². The maximum absolute atomic E-state index is 13.3. The Labute approximate surface area is 188 Å². The lowest BCUT2D eigenvalue weighted by molar-refractivity contribution is -0.139. The van der Waals surface area contributed by atoms with Gasteiger partial charge in [0.2, 0.25) is 0 Å². The van der Waals surface area contributed by atoms with Crippen molar-refractivity contribution >= 4 is 11.8 Å². The summed E-state index contributed by atoms with van der Waals surface area (Å²) in [5.74, 6) is 0.967. The fourth-order valence-electron chi connectivity index (χ4n) is 2.78. The summed E-state index contributed by atoms with van der Waals surface area (Å²) in [4.78, 5) is 16.9. The van der Waals surface area contributed by atoms with Gasteiger partial charge in [-0.2, -0.15) is 13.2 Å². The van der Waals surface area contributed by atoms with Crippen LogP contribution >= 0.6 is 11.8 Å². The zero-order valence-corrected chi connectivity index (χ0v) is 18.9. The van der Waals surface area contributed by atoms with Crippen molar-refractivity contribution in [3.05, 3.63) is 70.8 Å². The molecule has 1 heterocycles. The Morgan fingerprint density at radius 1 is 1.06 bits per heavy atom. The average molecular weight is 465 g/mol. The summed E-state index contributed by atoms with van der Waals surface area (Å²) < 4.78 is 52.5. The molecule has 3 rings (SSSR count). The number of hydrogen-bond acceptors (Lipinski definition) is 5. The fraction of sp³-hybridized carbons (Fsp3) is 0.304. The summed E-state index contributed by atoms with van der Waals surface area (Å²) in [5.41, 5.74) is -0.934. The van der Waals surface area contributed by atoms with Crippen molar-refractivity contribution in [1.82, 2.24) is 9.55 Å². The third-order valence-electron chi connectivity index (χ3n) is 4.29. The number of hydrogen-bond donors (Lipinski definition) is 0. The molecule has 3 aromatic rings. The lowest BCUT2D eigenvalue weighted by Gasteiger charge is -2.20. The Bertz CT molecular complexity index is 1150. The molecule has 0 aliphatic carbocycles. The molecule has 5 nitrogen and oxygen atoms in total. The number of benzene rings is 2. The molecule has 32 heavy (non-hydrogen) atoms. The number of alkyl halides is 3. The van der Waals surface area contributed by atoms with Crippen molar-refractivity contribution < 1.29 is 22.6 Å². The maximum atomic E-state index is 13.3. The van der Waals surface area contributed by atoms with E-state index < -0.39 is 17.3 Å². The standard InChI is InChI=1S/C23H23F3N2O3S/c1-22(2,3)14-31-17-10-9-15(13-18(17)30-4)28-12-11-27-20(21(28)29)32-19-8-6-5-7-16(19)23(24,25)26/h5-13H,14H2,1-4H3. The molecule has 0 N–H and O–H groups in total. The van der Waals surface area contributed by atoms with E-state index in [0.29, 0.717) is 35.6 Å². The molecular weight excluding hydrogens is 441 g/mol. The number of halogens is 3. The predicted molar refractivity (Wildman–Crippen MR) is 117 cm³/mol. The lowest BCUT2D eigenvalue weighted by atomic mass is 9.99. The first-order valence-corrected chi connectivity index (χ1v) is 10.5. The van der Waals surface area contributed by atoms with Crippen LogP contribution in [-0.2, 0) is 6.18 Å². The minimum absolute atomic E-state index is 0.0510. The number of rotatable bonds is 6. The molecule has 0 spiro atoms. The molecule has 0 atom stereocenters. The van der Waals surface area contributed by atoms with Gasteiger partial charge in [0, 0.05) is 23.4 Å². The minimum atomic E-state index is -4.53. The van der Waals surface area contributed by atoms with Crippen molar-refractivity contribution in [2.24, 2.45) is 5.41 Å². The Morgan fingerprint density at radius 3 is 2.44 bits per heavy atom. The van der Waals surface area contributed by atoms with Crippen LogP contribution in [0, 0.1) is 5.41 Å². The molecule has 0 bridgehead atoms. The number of nitrogens with zero attached hydrogens (tertiary/aromatic N) is 2. The lowest BCUT2D eigenvalue weighted by Crippen LogP contribution is -2.21. The van der Waals surface area contributed by atoms with Crippen molar-refractivity contribution in [3.63, 3.8) is 0 Å². The van der Waals surface area contributed by atoms with Crippen molar-refractivity contribution in [2.45, 2.75) is 36.9 Å². The van der Waals surface area contributed by atoms with Crippen molar-refractivity contribution in [1.29, 1.82) is 0 Å². The van der Waals surface area contributed by atoms with Gasteiger partial charge in [-0.05, 0) is 29.7 Å². The smallest absolute Gasteiger partial charge is 0.417 e. The second kappa shape index (κ2) is 9.28. The van der Waals surface area contributed by atoms with E-state index in [-0.39, 0.29) is 15.3 Å². The Morgan fingerprint density at radius 2 is 1.78 bits per heavy atom. The summed E-state index contributed by atoms with van der Waals surface area (Å²) in [6, 6.07) is 10.1. The monoisotopic (exact) mass is 464 g/mol. The second-order valence-corrected chi connectivity index (χ2v) is 9.22. The van der Waals surface area contributed by atoms with E-state index in [1.165, 1.54) is 42.3 Å². The largest absolute Gasteiger partial charge is 0.493 e. The first-order valence-electron chi connectivity index (χ1n) is 9.72. The van der Waals surface area contributed by atoms with E-state index in [4.69, 9.17) is 9.47 Å². The highest BCUT2D eigenvalue weighted by atomic mass is 32.2. The van der Waals surface area contributed by atoms with Gasteiger partial charge in [0.25, 0.3) is 5.56 Å². The highest BCUT2D eigenvalue weighted by molar-refractivity contribution is 7.99. The van der Waals surface area contributed by atoms with Crippen LogP contribution in [0.4, 0.5) is 13.2 Å². The third kappa shape index (κ3) is 5.64. The molecule has 0 amide bonds.